The summed E-state index contributed by atoms with van der Waals surface area (Å²) in [4.78, 5) is 14.8. The van der Waals surface area contributed by atoms with E-state index in [1.165, 1.54) is 31.2 Å². The minimum Gasteiger partial charge on any atom is -0.273 e. The summed E-state index contributed by atoms with van der Waals surface area (Å²) in [6.45, 7) is 1.52. The Kier molecular flexibility index (Phi) is 4.33. The first kappa shape index (κ1) is 13.3. The molecule has 94 valence electrons. The average molecular weight is 248 g/mol. The average Bonchev–Trinajstić information content (AvgIpc) is 2.27. The van der Waals surface area contributed by atoms with Gasteiger partial charge in [-0.15, -0.1) is 13.2 Å². The number of alkyl halides is 3. The molecule has 1 aromatic rings. The number of carbonyl (C=O) groups is 1. The normalized spacial score (nSPS) is 11.1. The van der Waals surface area contributed by atoms with Gasteiger partial charge >= 0.3 is 6.36 Å². The van der Waals surface area contributed by atoms with E-state index in [0.29, 0.717) is 5.17 Å². The van der Waals surface area contributed by atoms with Crippen molar-refractivity contribution in [3.05, 3.63) is 30.3 Å². The predicted octanol–water partition coefficient (Wildman–Crippen LogP) is 2.39. The Morgan fingerprint density at radius 2 is 1.94 bits per heavy atom. The minimum absolute atomic E-state index is 0.0462. The van der Waals surface area contributed by atoms with Gasteiger partial charge in [-0.3, -0.25) is 4.79 Å². The highest BCUT2D eigenvalue weighted by Crippen LogP contribution is 2.21. The first-order valence-electron chi connectivity index (χ1n) is 4.83. The second-order valence-electron chi connectivity index (χ2n) is 3.06. The number of nitrogens with zero attached hydrogens (tertiary/aromatic N) is 1. The molecule has 1 N–H and O–H groups in total. The molecular weight excluding hydrogens is 237 g/mol. The van der Waals surface area contributed by atoms with Crippen LogP contribution in [0.15, 0.2) is 30.3 Å². The molecule has 0 bridgehead atoms. The molecule has 0 aliphatic rings. The molecule has 0 heterocycles. The highest BCUT2D eigenvalue weighted by Gasteiger charge is 2.34. The summed E-state index contributed by atoms with van der Waals surface area (Å²) in [5.41, 5.74) is 2.07. The molecule has 17 heavy (non-hydrogen) atoms. The molecule has 1 aromatic carbocycles. The highest BCUT2D eigenvalue weighted by molar-refractivity contribution is 5.77. The molecule has 0 saturated carbocycles. The van der Waals surface area contributed by atoms with Crippen LogP contribution in [-0.4, -0.2) is 12.3 Å². The van der Waals surface area contributed by atoms with Crippen LogP contribution < -0.4 is 10.6 Å². The Morgan fingerprint density at radius 3 is 2.41 bits per heavy atom. The van der Waals surface area contributed by atoms with Crippen LogP contribution in [0, 0.1) is 0 Å². The summed E-state index contributed by atoms with van der Waals surface area (Å²) in [6, 6.07) is 7.45. The number of amides is 1. The molecule has 1 amide bonds. The van der Waals surface area contributed by atoms with Crippen LogP contribution in [0.5, 0.6) is 0 Å². The number of nitrogens with one attached hydrogen (secondary N) is 1. The minimum atomic E-state index is -4.88. The van der Waals surface area contributed by atoms with Crippen molar-refractivity contribution >= 4 is 11.6 Å². The van der Waals surface area contributed by atoms with Gasteiger partial charge in [0, 0.05) is 6.42 Å². The Balaban J connectivity index is 2.83. The molecule has 7 heteroatoms. The maximum Gasteiger partial charge on any atom is 0.545 e. The van der Waals surface area contributed by atoms with Crippen molar-refractivity contribution in [1.82, 2.24) is 5.43 Å². The van der Waals surface area contributed by atoms with Gasteiger partial charge in [0.05, 0.1) is 5.69 Å². The van der Waals surface area contributed by atoms with Gasteiger partial charge in [0.2, 0.25) is 5.91 Å². The van der Waals surface area contributed by atoms with Crippen LogP contribution in [0.25, 0.3) is 0 Å². The topological polar surface area (TPSA) is 41.6 Å². The third kappa shape index (κ3) is 4.73. The number of rotatable bonds is 4. The lowest BCUT2D eigenvalue weighted by atomic mass is 10.3. The van der Waals surface area contributed by atoms with Gasteiger partial charge < -0.3 is 0 Å². The number of hydrazine groups is 1. The van der Waals surface area contributed by atoms with Crippen LogP contribution >= 0.6 is 0 Å². The number of halogens is 3. The van der Waals surface area contributed by atoms with E-state index in [2.05, 4.69) is 4.84 Å². The SMILES string of the molecule is CCC(=O)NN(OC(F)(F)F)c1ccccc1. The van der Waals surface area contributed by atoms with Crippen molar-refractivity contribution in [2.24, 2.45) is 0 Å². The van der Waals surface area contributed by atoms with Crippen molar-refractivity contribution in [3.63, 3.8) is 0 Å². The Hall–Kier alpha value is -1.76. The summed E-state index contributed by atoms with van der Waals surface area (Å²) in [6.07, 6.45) is -4.83. The molecule has 4 nitrogen and oxygen atoms in total. The molecule has 0 aliphatic heterocycles. The van der Waals surface area contributed by atoms with Gasteiger partial charge in [0.1, 0.15) is 0 Å². The number of hydrogen-bond donors (Lipinski definition) is 1. The summed E-state index contributed by atoms with van der Waals surface area (Å²) in [5, 5.41) is 0.297. The fourth-order valence-corrected chi connectivity index (χ4v) is 0.999. The lowest BCUT2D eigenvalue weighted by Gasteiger charge is -2.24. The van der Waals surface area contributed by atoms with Crippen molar-refractivity contribution < 1.29 is 22.8 Å². The summed E-state index contributed by atoms with van der Waals surface area (Å²) in [5.74, 6) is -0.585. The molecule has 0 fully saturated rings. The monoisotopic (exact) mass is 248 g/mol. The number of hydrogen-bond acceptors (Lipinski definition) is 3. The Morgan fingerprint density at radius 1 is 1.35 bits per heavy atom. The lowest BCUT2D eigenvalue weighted by Crippen LogP contribution is -2.45. The van der Waals surface area contributed by atoms with Gasteiger partial charge in [0.15, 0.2) is 0 Å². The van der Waals surface area contributed by atoms with Gasteiger partial charge in [-0.25, -0.2) is 5.43 Å². The molecular formula is C10H11F3N2O2. The Labute approximate surface area is 95.9 Å². The van der Waals surface area contributed by atoms with E-state index >= 15 is 0 Å². The summed E-state index contributed by atoms with van der Waals surface area (Å²) in [7, 11) is 0. The fourth-order valence-electron chi connectivity index (χ4n) is 0.999. The number of para-hydroxylation sites is 1. The van der Waals surface area contributed by atoms with Gasteiger partial charge in [-0.1, -0.05) is 25.1 Å². The summed E-state index contributed by atoms with van der Waals surface area (Å²) < 4.78 is 36.4. The molecule has 0 atom stereocenters. The van der Waals surface area contributed by atoms with E-state index in [1.807, 2.05) is 5.43 Å². The molecule has 0 saturated heterocycles. The fraction of sp³-hybridized carbons (Fsp3) is 0.300. The van der Waals surface area contributed by atoms with E-state index in [-0.39, 0.29) is 12.1 Å². The van der Waals surface area contributed by atoms with E-state index in [1.54, 1.807) is 6.07 Å². The zero-order valence-corrected chi connectivity index (χ0v) is 8.99. The largest absolute Gasteiger partial charge is 0.545 e. The third-order valence-corrected chi connectivity index (χ3v) is 1.73. The smallest absolute Gasteiger partial charge is 0.273 e. The zero-order chi connectivity index (χ0) is 12.9. The van der Waals surface area contributed by atoms with Gasteiger partial charge in [-0.2, -0.15) is 10.0 Å². The van der Waals surface area contributed by atoms with Crippen LogP contribution in [0.1, 0.15) is 13.3 Å². The summed E-state index contributed by atoms with van der Waals surface area (Å²) >= 11 is 0. The van der Waals surface area contributed by atoms with Crippen molar-refractivity contribution in [2.45, 2.75) is 19.7 Å². The first-order valence-corrected chi connectivity index (χ1v) is 4.83. The van der Waals surface area contributed by atoms with Crippen LogP contribution in [-0.2, 0) is 9.63 Å². The Bertz CT molecular complexity index is 368. The molecule has 0 radical (unpaired) electrons. The van der Waals surface area contributed by atoms with Crippen LogP contribution in [0.3, 0.4) is 0 Å². The number of anilines is 1. The second-order valence-corrected chi connectivity index (χ2v) is 3.06. The molecule has 1 rings (SSSR count). The maximum atomic E-state index is 12.1. The zero-order valence-electron chi connectivity index (χ0n) is 8.99. The standard InChI is InChI=1S/C10H11F3N2O2/c1-2-9(16)14-15(17-10(11,12)13)8-6-4-3-5-7-8/h3-7H,2H2,1H3,(H,14,16). The van der Waals surface area contributed by atoms with Gasteiger partial charge in [-0.05, 0) is 12.1 Å². The van der Waals surface area contributed by atoms with E-state index < -0.39 is 12.3 Å². The van der Waals surface area contributed by atoms with E-state index in [9.17, 15) is 18.0 Å². The van der Waals surface area contributed by atoms with E-state index in [4.69, 9.17) is 0 Å². The second kappa shape index (κ2) is 5.53. The van der Waals surface area contributed by atoms with Crippen LogP contribution in [0.2, 0.25) is 0 Å². The number of benzene rings is 1. The lowest BCUT2D eigenvalue weighted by molar-refractivity contribution is -0.333. The predicted molar refractivity (Wildman–Crippen MR) is 54.5 cm³/mol. The number of carbonyl (C=O) groups excluding carboxylic acids is 1. The quantitative estimate of drug-likeness (QED) is 0.832. The molecule has 0 spiro atoms. The van der Waals surface area contributed by atoms with Crippen molar-refractivity contribution in [3.8, 4) is 0 Å². The van der Waals surface area contributed by atoms with Crippen molar-refractivity contribution in [1.29, 1.82) is 0 Å². The highest BCUT2D eigenvalue weighted by atomic mass is 19.4. The van der Waals surface area contributed by atoms with Crippen molar-refractivity contribution in [2.75, 3.05) is 5.17 Å². The molecule has 0 aliphatic carbocycles. The molecule has 0 aromatic heterocycles. The maximum absolute atomic E-state index is 12.1. The van der Waals surface area contributed by atoms with E-state index in [0.717, 1.165) is 0 Å². The van der Waals surface area contributed by atoms with Gasteiger partial charge in [0.25, 0.3) is 0 Å². The van der Waals surface area contributed by atoms with Crippen LogP contribution in [0.4, 0.5) is 18.9 Å². The first-order chi connectivity index (χ1) is 7.92. The molecule has 0 unspecified atom stereocenters. The third-order valence-electron chi connectivity index (χ3n) is 1.73.